The van der Waals surface area contributed by atoms with Crippen molar-refractivity contribution in [1.29, 1.82) is 0 Å². The summed E-state index contributed by atoms with van der Waals surface area (Å²) in [7, 11) is 0. The molecule has 0 saturated heterocycles. The molecule has 1 aromatic heterocycles. The van der Waals surface area contributed by atoms with Crippen LogP contribution < -0.4 is 4.90 Å². The third-order valence-electron chi connectivity index (χ3n) is 9.01. The minimum absolute atomic E-state index is 1.13. The summed E-state index contributed by atoms with van der Waals surface area (Å²) in [5, 5.41) is 7.83. The number of nitrogens with zero attached hydrogens (tertiary/aromatic N) is 1. The second kappa shape index (κ2) is 11.0. The van der Waals surface area contributed by atoms with Gasteiger partial charge in [0.1, 0.15) is 0 Å². The molecule has 0 fully saturated rings. The molecule has 9 rings (SSSR count). The lowest BCUT2D eigenvalue weighted by molar-refractivity contribution is 1.28. The van der Waals surface area contributed by atoms with Crippen molar-refractivity contribution in [3.63, 3.8) is 0 Å². The Morgan fingerprint density at radius 2 is 0.913 bits per heavy atom. The monoisotopic (exact) mass is 603 g/mol. The molecule has 0 radical (unpaired) electrons. The molecule has 0 aliphatic rings. The molecular formula is C44H29NS. The SMILES string of the molecule is c1ccc(N(c2ccccc2)c2cccc(-c3ccc(-c4cc5c6ccccc6sc5c5cc6ccccc6cc45)cc3)c2)cc1. The van der Waals surface area contributed by atoms with E-state index in [2.05, 4.69) is 181 Å². The van der Waals surface area contributed by atoms with Gasteiger partial charge in [0.2, 0.25) is 0 Å². The van der Waals surface area contributed by atoms with Crippen LogP contribution in [0.15, 0.2) is 176 Å². The topological polar surface area (TPSA) is 3.24 Å². The maximum Gasteiger partial charge on any atom is 0.0467 e. The molecule has 0 bridgehead atoms. The van der Waals surface area contributed by atoms with Crippen molar-refractivity contribution in [2.45, 2.75) is 0 Å². The van der Waals surface area contributed by atoms with Gasteiger partial charge < -0.3 is 4.90 Å². The number of anilines is 3. The molecule has 9 aromatic rings. The first-order chi connectivity index (χ1) is 22.8. The van der Waals surface area contributed by atoms with Gasteiger partial charge in [0, 0.05) is 42.6 Å². The number of benzene rings is 8. The third kappa shape index (κ3) is 4.54. The van der Waals surface area contributed by atoms with Gasteiger partial charge in [-0.2, -0.15) is 0 Å². The summed E-state index contributed by atoms with van der Waals surface area (Å²) in [5.74, 6) is 0. The fraction of sp³-hybridized carbons (Fsp3) is 0. The Morgan fingerprint density at radius 1 is 0.348 bits per heavy atom. The van der Waals surface area contributed by atoms with Crippen LogP contribution in [0.5, 0.6) is 0 Å². The molecule has 0 aliphatic carbocycles. The molecular weight excluding hydrogens is 575 g/mol. The Kier molecular flexibility index (Phi) is 6.40. The Balaban J connectivity index is 1.17. The lowest BCUT2D eigenvalue weighted by Gasteiger charge is -2.26. The Hall–Kier alpha value is -5.70. The first-order valence-electron chi connectivity index (χ1n) is 15.7. The molecule has 8 aromatic carbocycles. The first kappa shape index (κ1) is 26.7. The van der Waals surface area contributed by atoms with E-state index in [0.717, 1.165) is 17.1 Å². The van der Waals surface area contributed by atoms with Crippen LogP contribution >= 0.6 is 11.3 Å². The van der Waals surface area contributed by atoms with Gasteiger partial charge in [0.25, 0.3) is 0 Å². The number of hydrogen-bond acceptors (Lipinski definition) is 2. The zero-order valence-corrected chi connectivity index (χ0v) is 25.9. The second-order valence-electron chi connectivity index (χ2n) is 11.8. The van der Waals surface area contributed by atoms with Crippen LogP contribution in [0.25, 0.3) is 64.0 Å². The van der Waals surface area contributed by atoms with Gasteiger partial charge in [0.05, 0.1) is 0 Å². The van der Waals surface area contributed by atoms with Crippen LogP contribution in [-0.4, -0.2) is 0 Å². The molecule has 216 valence electrons. The van der Waals surface area contributed by atoms with Gasteiger partial charge in [-0.3, -0.25) is 0 Å². The Bertz CT molecular complexity index is 2470. The van der Waals surface area contributed by atoms with Crippen molar-refractivity contribution < 1.29 is 0 Å². The molecule has 0 atom stereocenters. The molecule has 0 saturated carbocycles. The van der Waals surface area contributed by atoms with Crippen molar-refractivity contribution in [3.05, 3.63) is 176 Å². The van der Waals surface area contributed by atoms with E-state index < -0.39 is 0 Å². The predicted molar refractivity (Wildman–Crippen MR) is 200 cm³/mol. The highest BCUT2D eigenvalue weighted by atomic mass is 32.1. The lowest BCUT2D eigenvalue weighted by Crippen LogP contribution is -2.09. The highest BCUT2D eigenvalue weighted by Gasteiger charge is 2.16. The largest absolute Gasteiger partial charge is 0.310 e. The van der Waals surface area contributed by atoms with Gasteiger partial charge >= 0.3 is 0 Å². The molecule has 0 spiro atoms. The van der Waals surface area contributed by atoms with Gasteiger partial charge in [-0.05, 0) is 99.1 Å². The van der Waals surface area contributed by atoms with E-state index in [9.17, 15) is 0 Å². The normalized spacial score (nSPS) is 11.5. The molecule has 0 aliphatic heterocycles. The van der Waals surface area contributed by atoms with Crippen LogP contribution in [0.3, 0.4) is 0 Å². The van der Waals surface area contributed by atoms with Crippen LogP contribution in [0.1, 0.15) is 0 Å². The summed E-state index contributed by atoms with van der Waals surface area (Å²) in [6, 6.07) is 63.8. The molecule has 0 N–H and O–H groups in total. The average Bonchev–Trinajstić information content (AvgIpc) is 3.51. The van der Waals surface area contributed by atoms with Crippen molar-refractivity contribution in [1.82, 2.24) is 0 Å². The van der Waals surface area contributed by atoms with Crippen LogP contribution in [0.2, 0.25) is 0 Å². The molecule has 46 heavy (non-hydrogen) atoms. The fourth-order valence-electron chi connectivity index (χ4n) is 6.79. The van der Waals surface area contributed by atoms with Crippen molar-refractivity contribution in [3.8, 4) is 22.3 Å². The van der Waals surface area contributed by atoms with Gasteiger partial charge in [0.15, 0.2) is 0 Å². The number of thiophene rings is 1. The van der Waals surface area contributed by atoms with Crippen molar-refractivity contribution >= 4 is 70.1 Å². The van der Waals surface area contributed by atoms with E-state index >= 15 is 0 Å². The first-order valence-corrected chi connectivity index (χ1v) is 16.5. The fourth-order valence-corrected chi connectivity index (χ4v) is 8.00. The van der Waals surface area contributed by atoms with Gasteiger partial charge in [-0.25, -0.2) is 0 Å². The zero-order chi connectivity index (χ0) is 30.5. The summed E-state index contributed by atoms with van der Waals surface area (Å²) in [4.78, 5) is 2.31. The summed E-state index contributed by atoms with van der Waals surface area (Å²) < 4.78 is 2.69. The predicted octanol–water partition coefficient (Wildman–Crippen LogP) is 13.2. The molecule has 1 nitrogen and oxygen atoms in total. The Morgan fingerprint density at radius 3 is 1.63 bits per heavy atom. The van der Waals surface area contributed by atoms with Crippen molar-refractivity contribution in [2.24, 2.45) is 0 Å². The van der Waals surface area contributed by atoms with Crippen LogP contribution in [0, 0.1) is 0 Å². The highest BCUT2D eigenvalue weighted by Crippen LogP contribution is 2.44. The minimum Gasteiger partial charge on any atom is -0.310 e. The number of rotatable bonds is 5. The average molecular weight is 604 g/mol. The number of hydrogen-bond donors (Lipinski definition) is 0. The summed E-state index contributed by atoms with van der Waals surface area (Å²) >= 11 is 1.90. The van der Waals surface area contributed by atoms with Crippen molar-refractivity contribution in [2.75, 3.05) is 4.90 Å². The minimum atomic E-state index is 1.13. The molecule has 2 heteroatoms. The molecule has 0 unspecified atom stereocenters. The summed E-state index contributed by atoms with van der Waals surface area (Å²) in [6.45, 7) is 0. The van der Waals surface area contributed by atoms with Crippen LogP contribution in [0.4, 0.5) is 17.1 Å². The maximum atomic E-state index is 2.42. The summed E-state index contributed by atoms with van der Waals surface area (Å²) in [5.41, 5.74) is 8.30. The Labute approximate surface area is 272 Å². The maximum absolute atomic E-state index is 2.42. The highest BCUT2D eigenvalue weighted by molar-refractivity contribution is 7.26. The van der Waals surface area contributed by atoms with E-state index in [1.807, 2.05) is 11.3 Å². The van der Waals surface area contributed by atoms with E-state index in [-0.39, 0.29) is 0 Å². The van der Waals surface area contributed by atoms with Gasteiger partial charge in [-0.15, -0.1) is 11.3 Å². The number of para-hydroxylation sites is 2. The lowest BCUT2D eigenvalue weighted by atomic mass is 9.92. The number of fused-ring (bicyclic) bond motifs is 6. The van der Waals surface area contributed by atoms with E-state index in [1.165, 1.54) is 64.0 Å². The van der Waals surface area contributed by atoms with E-state index in [1.54, 1.807) is 0 Å². The quantitative estimate of drug-likeness (QED) is 0.177. The van der Waals surface area contributed by atoms with Crippen LogP contribution in [-0.2, 0) is 0 Å². The van der Waals surface area contributed by atoms with E-state index in [0.29, 0.717) is 0 Å². The van der Waals surface area contributed by atoms with Gasteiger partial charge in [-0.1, -0.05) is 115 Å². The van der Waals surface area contributed by atoms with E-state index in [4.69, 9.17) is 0 Å². The second-order valence-corrected chi connectivity index (χ2v) is 12.8. The molecule has 1 heterocycles. The smallest absolute Gasteiger partial charge is 0.0467 e. The summed E-state index contributed by atoms with van der Waals surface area (Å²) in [6.07, 6.45) is 0. The third-order valence-corrected chi connectivity index (χ3v) is 10.2. The molecule has 0 amide bonds. The zero-order valence-electron chi connectivity index (χ0n) is 25.1. The standard InChI is InChI=1S/C44H29NS/c1-3-15-35(16-4-1)45(36-17-5-2-6-18-36)37-19-11-14-32(26-37)30-22-24-31(25-23-30)39-29-42-38-20-9-10-21-43(38)46-44(42)41-28-34-13-8-7-12-33(34)27-40(39)41/h1-29H.